The van der Waals surface area contributed by atoms with Crippen molar-refractivity contribution < 1.29 is 0 Å². The first-order chi connectivity index (χ1) is 13.2. The van der Waals surface area contributed by atoms with Crippen molar-refractivity contribution in [2.24, 2.45) is 5.92 Å². The molecule has 1 N–H and O–H groups in total. The zero-order valence-corrected chi connectivity index (χ0v) is 15.9. The average Bonchev–Trinajstić information content (AvgIpc) is 2.69. The Hall–Kier alpha value is -2.21. The molecule has 0 amide bonds. The molecule has 2 fully saturated rings. The predicted octanol–water partition coefficient (Wildman–Crippen LogP) is 2.31. The number of hydrogen-bond acceptors (Lipinski definition) is 5. The Labute approximate surface area is 159 Å². The third kappa shape index (κ3) is 3.16. The van der Waals surface area contributed by atoms with E-state index in [0.29, 0.717) is 11.8 Å². The van der Waals surface area contributed by atoms with Gasteiger partial charge in [-0.15, -0.1) is 0 Å². The van der Waals surface area contributed by atoms with Crippen molar-refractivity contribution in [3.05, 3.63) is 39.9 Å². The topological polar surface area (TPSA) is 63.1 Å². The highest BCUT2D eigenvalue weighted by atomic mass is 16.1. The van der Waals surface area contributed by atoms with Gasteiger partial charge in [-0.25, -0.2) is 9.97 Å². The van der Waals surface area contributed by atoms with Crippen LogP contribution >= 0.6 is 0 Å². The van der Waals surface area contributed by atoms with Crippen LogP contribution in [0.15, 0.2) is 23.0 Å². The van der Waals surface area contributed by atoms with E-state index in [0.717, 1.165) is 61.3 Å². The van der Waals surface area contributed by atoms with Gasteiger partial charge in [0, 0.05) is 55.1 Å². The number of aryl methyl sites for hydroxylation is 1. The molecule has 2 aromatic heterocycles. The largest absolute Gasteiger partial charge is 0.341 e. The number of hydrogen-bond donors (Lipinski definition) is 1. The molecule has 142 valence electrons. The van der Waals surface area contributed by atoms with Gasteiger partial charge in [-0.2, -0.15) is 0 Å². The van der Waals surface area contributed by atoms with E-state index in [1.54, 1.807) is 6.07 Å². The van der Waals surface area contributed by atoms with E-state index in [1.807, 2.05) is 17.6 Å². The number of fused-ring (bicyclic) bond motifs is 4. The van der Waals surface area contributed by atoms with Crippen LogP contribution in [-0.4, -0.2) is 40.7 Å². The second kappa shape index (κ2) is 6.75. The monoisotopic (exact) mass is 365 g/mol. The van der Waals surface area contributed by atoms with Crippen LogP contribution in [0, 0.1) is 12.8 Å². The number of piperidine rings is 2. The smallest absolute Gasteiger partial charge is 0.251 e. The summed E-state index contributed by atoms with van der Waals surface area (Å²) >= 11 is 0. The molecule has 6 heteroatoms. The molecule has 27 heavy (non-hydrogen) atoms. The molecule has 2 atom stereocenters. The number of nitrogens with one attached hydrogen (secondary N) is 1. The first kappa shape index (κ1) is 16.9. The van der Waals surface area contributed by atoms with Crippen molar-refractivity contribution in [1.29, 1.82) is 0 Å². The van der Waals surface area contributed by atoms with Crippen LogP contribution in [0.5, 0.6) is 0 Å². The fraction of sp³-hybridized carbons (Fsp3) is 0.571. The minimum atomic E-state index is 0.106. The van der Waals surface area contributed by atoms with Gasteiger partial charge in [0.25, 0.3) is 5.56 Å². The molecule has 2 saturated heterocycles. The van der Waals surface area contributed by atoms with Crippen molar-refractivity contribution >= 4 is 5.95 Å². The molecule has 0 aliphatic carbocycles. The molecular formula is C21H27N5O. The molecule has 0 aromatic carbocycles. The van der Waals surface area contributed by atoms with Gasteiger partial charge in [-0.1, -0.05) is 0 Å². The summed E-state index contributed by atoms with van der Waals surface area (Å²) in [6, 6.07) is 5.96. The Morgan fingerprint density at radius 1 is 1.07 bits per heavy atom. The lowest BCUT2D eigenvalue weighted by Crippen LogP contribution is -2.44. The molecule has 3 aliphatic heterocycles. The SMILES string of the molecule is Cc1cc(-c2cc3n(c(=O)c2)C[C@@H]2CNC[C@H]3C2)nc(N2CCCCC2)n1. The second-order valence-corrected chi connectivity index (χ2v) is 8.32. The summed E-state index contributed by atoms with van der Waals surface area (Å²) in [6.07, 6.45) is 4.86. The summed E-state index contributed by atoms with van der Waals surface area (Å²) in [6.45, 7) is 6.87. The Kier molecular flexibility index (Phi) is 4.23. The molecule has 5 rings (SSSR count). The maximum absolute atomic E-state index is 12.8. The van der Waals surface area contributed by atoms with Gasteiger partial charge in [-0.3, -0.25) is 4.79 Å². The summed E-state index contributed by atoms with van der Waals surface area (Å²) in [5.41, 5.74) is 4.03. The van der Waals surface area contributed by atoms with Gasteiger partial charge in [-0.05, 0) is 57.2 Å². The Morgan fingerprint density at radius 3 is 2.78 bits per heavy atom. The van der Waals surface area contributed by atoms with Gasteiger partial charge in [0.15, 0.2) is 0 Å². The van der Waals surface area contributed by atoms with Crippen molar-refractivity contribution in [2.75, 3.05) is 31.1 Å². The van der Waals surface area contributed by atoms with E-state index in [-0.39, 0.29) is 5.56 Å². The van der Waals surface area contributed by atoms with Gasteiger partial charge >= 0.3 is 0 Å². The fourth-order valence-corrected chi connectivity index (χ4v) is 4.89. The van der Waals surface area contributed by atoms with Crippen molar-refractivity contribution in [1.82, 2.24) is 19.9 Å². The lowest BCUT2D eigenvalue weighted by atomic mass is 9.83. The average molecular weight is 365 g/mol. The van der Waals surface area contributed by atoms with E-state index in [1.165, 1.54) is 25.7 Å². The maximum atomic E-state index is 12.8. The second-order valence-electron chi connectivity index (χ2n) is 8.32. The minimum absolute atomic E-state index is 0.106. The van der Waals surface area contributed by atoms with Gasteiger partial charge in [0.2, 0.25) is 5.95 Å². The maximum Gasteiger partial charge on any atom is 0.251 e. The zero-order valence-electron chi connectivity index (χ0n) is 15.9. The molecule has 3 aliphatic rings. The quantitative estimate of drug-likeness (QED) is 0.885. The molecule has 0 unspecified atom stereocenters. The van der Waals surface area contributed by atoms with E-state index in [9.17, 15) is 4.79 Å². The van der Waals surface area contributed by atoms with Crippen LogP contribution in [0.2, 0.25) is 0 Å². The highest BCUT2D eigenvalue weighted by Gasteiger charge is 2.31. The number of aromatic nitrogens is 3. The number of pyridine rings is 1. The van der Waals surface area contributed by atoms with Crippen LogP contribution in [-0.2, 0) is 6.54 Å². The standard InChI is InChI=1S/C21H27N5O/c1-14-7-18(24-21(23-14)25-5-3-2-4-6-25)16-9-19-17-8-15(11-22-12-17)13-26(19)20(27)10-16/h7,9-10,15,17,22H,2-6,8,11-13H2,1H3/t15-,17+/m0/s1. The molecule has 0 radical (unpaired) electrons. The summed E-state index contributed by atoms with van der Waals surface area (Å²) in [7, 11) is 0. The third-order valence-corrected chi connectivity index (χ3v) is 6.24. The minimum Gasteiger partial charge on any atom is -0.341 e. The van der Waals surface area contributed by atoms with E-state index in [2.05, 4.69) is 21.3 Å². The fourth-order valence-electron chi connectivity index (χ4n) is 4.89. The molecule has 6 nitrogen and oxygen atoms in total. The van der Waals surface area contributed by atoms with Crippen LogP contribution < -0.4 is 15.8 Å². The summed E-state index contributed by atoms with van der Waals surface area (Å²) in [5, 5.41) is 3.52. The molecular weight excluding hydrogens is 338 g/mol. The molecule has 2 aromatic rings. The normalized spacial score (nSPS) is 24.6. The van der Waals surface area contributed by atoms with Crippen molar-refractivity contribution in [3.8, 4) is 11.3 Å². The Bertz CT molecular complexity index is 915. The lowest BCUT2D eigenvalue weighted by molar-refractivity contribution is 0.257. The highest BCUT2D eigenvalue weighted by Crippen LogP contribution is 2.33. The first-order valence-corrected chi connectivity index (χ1v) is 10.2. The van der Waals surface area contributed by atoms with Crippen LogP contribution in [0.4, 0.5) is 5.95 Å². The van der Waals surface area contributed by atoms with Crippen LogP contribution in [0.3, 0.4) is 0 Å². The zero-order chi connectivity index (χ0) is 18.4. The van der Waals surface area contributed by atoms with Crippen molar-refractivity contribution in [3.63, 3.8) is 0 Å². The molecule has 2 bridgehead atoms. The number of nitrogens with zero attached hydrogens (tertiary/aromatic N) is 4. The van der Waals surface area contributed by atoms with Gasteiger partial charge in [0.1, 0.15) is 0 Å². The third-order valence-electron chi connectivity index (χ3n) is 6.24. The number of rotatable bonds is 2. The Balaban J connectivity index is 1.56. The van der Waals surface area contributed by atoms with E-state index < -0.39 is 0 Å². The summed E-state index contributed by atoms with van der Waals surface area (Å²) < 4.78 is 1.99. The number of anilines is 1. The predicted molar refractivity (Wildman–Crippen MR) is 106 cm³/mol. The lowest BCUT2D eigenvalue weighted by Gasteiger charge is -2.37. The highest BCUT2D eigenvalue weighted by molar-refractivity contribution is 5.61. The van der Waals surface area contributed by atoms with Gasteiger partial charge in [0.05, 0.1) is 5.69 Å². The summed E-state index contributed by atoms with van der Waals surface area (Å²) in [5.74, 6) is 1.81. The van der Waals surface area contributed by atoms with Crippen molar-refractivity contribution in [2.45, 2.75) is 45.1 Å². The molecule has 0 saturated carbocycles. The molecule has 0 spiro atoms. The van der Waals surface area contributed by atoms with E-state index >= 15 is 0 Å². The van der Waals surface area contributed by atoms with E-state index in [4.69, 9.17) is 4.98 Å². The summed E-state index contributed by atoms with van der Waals surface area (Å²) in [4.78, 5) is 24.6. The molecule has 5 heterocycles. The van der Waals surface area contributed by atoms with Crippen LogP contribution in [0.25, 0.3) is 11.3 Å². The Morgan fingerprint density at radius 2 is 1.93 bits per heavy atom. The van der Waals surface area contributed by atoms with Gasteiger partial charge < -0.3 is 14.8 Å². The van der Waals surface area contributed by atoms with Crippen LogP contribution in [0.1, 0.15) is 43.0 Å². The first-order valence-electron chi connectivity index (χ1n) is 10.2.